The first-order valence-electron chi connectivity index (χ1n) is 12.1. The molecule has 0 aliphatic heterocycles. The van der Waals surface area contributed by atoms with Crippen molar-refractivity contribution < 1.29 is 4.74 Å². The molecule has 1 aromatic heterocycles. The highest BCUT2D eigenvalue weighted by molar-refractivity contribution is 5.70. The third-order valence-corrected chi connectivity index (χ3v) is 6.00. The summed E-state index contributed by atoms with van der Waals surface area (Å²) in [6.45, 7) is 14.9. The molecule has 2 aromatic rings. The molecule has 2 rings (SSSR count). The zero-order valence-electron chi connectivity index (χ0n) is 20.1. The lowest BCUT2D eigenvalue weighted by Crippen LogP contribution is -2.43. The number of hydrogen-bond donors (Lipinski definition) is 1. The molecule has 0 saturated carbocycles. The van der Waals surface area contributed by atoms with E-state index in [4.69, 9.17) is 9.72 Å². The molecule has 0 bridgehead atoms. The van der Waals surface area contributed by atoms with E-state index >= 15 is 0 Å². The fraction of sp³-hybridized carbons (Fsp3) is 0.593. The summed E-state index contributed by atoms with van der Waals surface area (Å²) in [6, 6.07) is 8.82. The minimum Gasteiger partial charge on any atom is -0.493 e. The molecule has 30 heavy (non-hydrogen) atoms. The summed E-state index contributed by atoms with van der Waals surface area (Å²) in [4.78, 5) is 5.03. The Balaban J connectivity index is 2.66. The molecule has 0 radical (unpaired) electrons. The molecule has 3 heteroatoms. The molecular weight excluding hydrogens is 368 g/mol. The second-order valence-electron chi connectivity index (χ2n) is 8.17. The molecule has 0 atom stereocenters. The van der Waals surface area contributed by atoms with Crippen LogP contribution in [0.4, 0.5) is 0 Å². The molecular formula is C27H42N2O. The van der Waals surface area contributed by atoms with Crippen LogP contribution in [0.3, 0.4) is 0 Å². The van der Waals surface area contributed by atoms with E-state index in [9.17, 15) is 0 Å². The van der Waals surface area contributed by atoms with E-state index in [2.05, 4.69) is 77.3 Å². The molecule has 3 nitrogen and oxygen atoms in total. The van der Waals surface area contributed by atoms with Gasteiger partial charge in [-0.2, -0.15) is 0 Å². The van der Waals surface area contributed by atoms with Gasteiger partial charge in [-0.1, -0.05) is 65.7 Å². The lowest BCUT2D eigenvalue weighted by molar-refractivity contribution is 0.259. The third kappa shape index (κ3) is 5.43. The van der Waals surface area contributed by atoms with Crippen molar-refractivity contribution in [1.82, 2.24) is 10.3 Å². The average Bonchev–Trinajstić information content (AvgIpc) is 2.77. The summed E-state index contributed by atoms with van der Waals surface area (Å²) >= 11 is 0. The van der Waals surface area contributed by atoms with Gasteiger partial charge >= 0.3 is 0 Å². The normalized spacial score (nSPS) is 11.7. The second kappa shape index (κ2) is 12.1. The summed E-state index contributed by atoms with van der Waals surface area (Å²) in [5.74, 6) is 0.987. The van der Waals surface area contributed by atoms with Crippen LogP contribution in [-0.2, 0) is 18.4 Å². The topological polar surface area (TPSA) is 34.2 Å². The van der Waals surface area contributed by atoms with Gasteiger partial charge in [0.1, 0.15) is 5.75 Å². The molecule has 166 valence electrons. The molecule has 0 amide bonds. The van der Waals surface area contributed by atoms with Crippen LogP contribution in [0.1, 0.15) is 90.3 Å². The maximum absolute atomic E-state index is 6.24. The van der Waals surface area contributed by atoms with Crippen LogP contribution in [0.15, 0.2) is 30.5 Å². The van der Waals surface area contributed by atoms with E-state index in [1.807, 2.05) is 0 Å². The Hall–Kier alpha value is -1.87. The SMILES string of the molecule is CCCNC(CCC)(CCC)c1cnc(-c2c(CC)cccc2CC)cc1OCC. The van der Waals surface area contributed by atoms with E-state index in [0.717, 1.165) is 62.9 Å². The van der Waals surface area contributed by atoms with Gasteiger partial charge in [-0.3, -0.25) is 4.98 Å². The van der Waals surface area contributed by atoms with Crippen LogP contribution in [0.2, 0.25) is 0 Å². The summed E-state index contributed by atoms with van der Waals surface area (Å²) < 4.78 is 6.24. The number of rotatable bonds is 13. The largest absolute Gasteiger partial charge is 0.493 e. The molecule has 0 aliphatic rings. The predicted octanol–water partition coefficient (Wildman–Crippen LogP) is 7.07. The number of nitrogens with one attached hydrogen (secondary N) is 1. The zero-order valence-corrected chi connectivity index (χ0v) is 20.1. The van der Waals surface area contributed by atoms with Crippen molar-refractivity contribution in [2.75, 3.05) is 13.2 Å². The van der Waals surface area contributed by atoms with Crippen molar-refractivity contribution >= 4 is 0 Å². The zero-order chi connectivity index (χ0) is 22.0. The smallest absolute Gasteiger partial charge is 0.128 e. The highest BCUT2D eigenvalue weighted by Crippen LogP contribution is 2.40. The molecule has 0 fully saturated rings. The van der Waals surface area contributed by atoms with Crippen molar-refractivity contribution in [3.63, 3.8) is 0 Å². The lowest BCUT2D eigenvalue weighted by Gasteiger charge is -2.36. The van der Waals surface area contributed by atoms with Crippen LogP contribution in [0.5, 0.6) is 5.75 Å². The van der Waals surface area contributed by atoms with E-state index in [0.29, 0.717) is 6.61 Å². The summed E-state index contributed by atoms with van der Waals surface area (Å²) in [5.41, 5.74) is 6.18. The fourth-order valence-electron chi connectivity index (χ4n) is 4.66. The molecule has 1 aromatic carbocycles. The molecule has 0 unspecified atom stereocenters. The molecule has 0 aliphatic carbocycles. The molecule has 1 heterocycles. The lowest BCUT2D eigenvalue weighted by atomic mass is 9.81. The number of aromatic nitrogens is 1. The minimum absolute atomic E-state index is 0.0760. The van der Waals surface area contributed by atoms with E-state index < -0.39 is 0 Å². The number of ether oxygens (including phenoxy) is 1. The number of aryl methyl sites for hydroxylation is 2. The second-order valence-corrected chi connectivity index (χ2v) is 8.17. The van der Waals surface area contributed by atoms with Gasteiger partial charge in [0.15, 0.2) is 0 Å². The Morgan fingerprint density at radius 1 is 0.900 bits per heavy atom. The maximum atomic E-state index is 6.24. The van der Waals surface area contributed by atoms with Crippen LogP contribution in [0, 0.1) is 0 Å². The first-order valence-corrected chi connectivity index (χ1v) is 12.1. The Morgan fingerprint density at radius 2 is 1.53 bits per heavy atom. The van der Waals surface area contributed by atoms with Crippen LogP contribution < -0.4 is 10.1 Å². The van der Waals surface area contributed by atoms with Crippen molar-refractivity contribution in [3.8, 4) is 17.0 Å². The van der Waals surface area contributed by atoms with Gasteiger partial charge in [0.2, 0.25) is 0 Å². The minimum atomic E-state index is -0.0760. The van der Waals surface area contributed by atoms with E-state index in [-0.39, 0.29) is 5.54 Å². The summed E-state index contributed by atoms with van der Waals surface area (Å²) in [7, 11) is 0. The Kier molecular flexibility index (Phi) is 9.84. The number of nitrogens with zero attached hydrogens (tertiary/aromatic N) is 1. The molecule has 0 spiro atoms. The fourth-order valence-corrected chi connectivity index (χ4v) is 4.66. The van der Waals surface area contributed by atoms with Gasteiger partial charge in [0.25, 0.3) is 0 Å². The molecule has 1 N–H and O–H groups in total. The predicted molar refractivity (Wildman–Crippen MR) is 129 cm³/mol. The Morgan fingerprint density at radius 3 is 2.03 bits per heavy atom. The van der Waals surface area contributed by atoms with E-state index in [1.165, 1.54) is 22.3 Å². The number of pyridine rings is 1. The quantitative estimate of drug-likeness (QED) is 0.383. The first kappa shape index (κ1) is 24.4. The summed E-state index contributed by atoms with van der Waals surface area (Å²) in [5, 5.41) is 3.88. The third-order valence-electron chi connectivity index (χ3n) is 6.00. The Bertz CT molecular complexity index is 756. The summed E-state index contributed by atoms with van der Waals surface area (Å²) in [6.07, 6.45) is 9.66. The number of hydrogen-bond acceptors (Lipinski definition) is 3. The van der Waals surface area contributed by atoms with Gasteiger partial charge < -0.3 is 10.1 Å². The van der Waals surface area contributed by atoms with Crippen molar-refractivity contribution in [1.29, 1.82) is 0 Å². The number of benzene rings is 1. The highest BCUT2D eigenvalue weighted by Gasteiger charge is 2.33. The van der Waals surface area contributed by atoms with Crippen LogP contribution in [0.25, 0.3) is 11.3 Å². The van der Waals surface area contributed by atoms with Gasteiger partial charge in [0, 0.05) is 28.9 Å². The molecule has 0 saturated heterocycles. The van der Waals surface area contributed by atoms with Gasteiger partial charge in [-0.15, -0.1) is 0 Å². The van der Waals surface area contributed by atoms with Crippen molar-refractivity contribution in [2.45, 2.75) is 92.0 Å². The Labute approximate surface area is 184 Å². The monoisotopic (exact) mass is 410 g/mol. The van der Waals surface area contributed by atoms with Gasteiger partial charge in [0.05, 0.1) is 12.3 Å². The van der Waals surface area contributed by atoms with E-state index in [1.54, 1.807) is 0 Å². The highest BCUT2D eigenvalue weighted by atomic mass is 16.5. The van der Waals surface area contributed by atoms with Crippen molar-refractivity contribution in [2.24, 2.45) is 0 Å². The van der Waals surface area contributed by atoms with Gasteiger partial charge in [-0.05, 0) is 56.7 Å². The average molecular weight is 411 g/mol. The maximum Gasteiger partial charge on any atom is 0.128 e. The van der Waals surface area contributed by atoms with Crippen LogP contribution >= 0.6 is 0 Å². The van der Waals surface area contributed by atoms with Gasteiger partial charge in [-0.25, -0.2) is 0 Å². The van der Waals surface area contributed by atoms with Crippen LogP contribution in [-0.4, -0.2) is 18.1 Å². The first-order chi connectivity index (χ1) is 14.6. The standard InChI is InChI=1S/C27H42N2O/c1-7-16-27(17-8-2,29-18-9-3)23-20-28-24(19-25(23)30-12-6)26-21(10-4)14-13-15-22(26)11-5/h13-15,19-20,29H,7-12,16-18H2,1-6H3. The van der Waals surface area contributed by atoms with Crippen molar-refractivity contribution in [3.05, 3.63) is 47.2 Å².